The monoisotopic (exact) mass is 275 g/mol. The molecule has 0 radical (unpaired) electrons. The second-order valence-electron chi connectivity index (χ2n) is 4.44. The number of aromatic hydroxyl groups is 1. The summed E-state index contributed by atoms with van der Waals surface area (Å²) in [6, 6.07) is 10.0. The van der Waals surface area contributed by atoms with Gasteiger partial charge in [0, 0.05) is 5.69 Å². The van der Waals surface area contributed by atoms with Crippen LogP contribution in [0.4, 0.5) is 5.69 Å². The first-order chi connectivity index (χ1) is 8.97. The predicted molar refractivity (Wildman–Crippen MR) is 77.0 cm³/mol. The fourth-order valence-electron chi connectivity index (χ4n) is 1.83. The fourth-order valence-corrected chi connectivity index (χ4v) is 2.03. The molecule has 0 heterocycles. The van der Waals surface area contributed by atoms with E-state index < -0.39 is 0 Å². The first-order valence-corrected chi connectivity index (χ1v) is 6.22. The third kappa shape index (κ3) is 3.06. The summed E-state index contributed by atoms with van der Waals surface area (Å²) in [5.41, 5.74) is 3.09. The Bertz CT molecular complexity index is 638. The molecule has 0 saturated carbocycles. The van der Waals surface area contributed by atoms with E-state index in [4.69, 9.17) is 11.6 Å². The van der Waals surface area contributed by atoms with Gasteiger partial charge in [-0.25, -0.2) is 0 Å². The Hall–Kier alpha value is -2.00. The number of amides is 1. The molecule has 0 aromatic heterocycles. The molecule has 2 aromatic rings. The number of carbonyl (C=O) groups excluding carboxylic acids is 1. The predicted octanol–water partition coefficient (Wildman–Crippen LogP) is 3.91. The Morgan fingerprint density at radius 3 is 2.58 bits per heavy atom. The molecule has 0 aliphatic rings. The summed E-state index contributed by atoms with van der Waals surface area (Å²) in [6.07, 6.45) is 0. The van der Waals surface area contributed by atoms with Crippen LogP contribution in [0.15, 0.2) is 36.4 Å². The minimum atomic E-state index is -0.340. The fraction of sp³-hybridized carbons (Fsp3) is 0.133. The molecule has 3 nitrogen and oxygen atoms in total. The van der Waals surface area contributed by atoms with Crippen molar-refractivity contribution >= 4 is 23.2 Å². The Balaban J connectivity index is 2.28. The largest absolute Gasteiger partial charge is 0.508 e. The maximum Gasteiger partial charge on any atom is 0.257 e. The molecule has 4 heteroatoms. The lowest BCUT2D eigenvalue weighted by molar-refractivity contribution is 0.102. The highest BCUT2D eigenvalue weighted by Gasteiger charge is 2.12. The topological polar surface area (TPSA) is 49.3 Å². The summed E-state index contributed by atoms with van der Waals surface area (Å²) in [5.74, 6) is -0.331. The second-order valence-corrected chi connectivity index (χ2v) is 4.84. The molecule has 0 bridgehead atoms. The van der Waals surface area contributed by atoms with Gasteiger partial charge in [-0.05, 0) is 43.7 Å². The molecule has 0 atom stereocenters. The Morgan fingerprint density at radius 1 is 1.16 bits per heavy atom. The summed E-state index contributed by atoms with van der Waals surface area (Å²) >= 11 is 5.95. The van der Waals surface area contributed by atoms with Crippen LogP contribution in [0.1, 0.15) is 21.5 Å². The average Bonchev–Trinajstić information content (AvgIpc) is 2.35. The number of halogens is 1. The van der Waals surface area contributed by atoms with Crippen LogP contribution in [0.2, 0.25) is 5.02 Å². The molecule has 98 valence electrons. The van der Waals surface area contributed by atoms with E-state index in [1.54, 1.807) is 0 Å². The van der Waals surface area contributed by atoms with Crippen LogP contribution in [-0.2, 0) is 0 Å². The van der Waals surface area contributed by atoms with Crippen molar-refractivity contribution in [3.8, 4) is 5.75 Å². The molecule has 1 amide bonds. The van der Waals surface area contributed by atoms with Crippen molar-refractivity contribution in [2.24, 2.45) is 0 Å². The highest BCUT2D eigenvalue weighted by Crippen LogP contribution is 2.23. The van der Waals surface area contributed by atoms with Crippen LogP contribution < -0.4 is 5.32 Å². The molecule has 2 aromatic carbocycles. The van der Waals surface area contributed by atoms with Gasteiger partial charge in [0.1, 0.15) is 5.75 Å². The molecule has 19 heavy (non-hydrogen) atoms. The van der Waals surface area contributed by atoms with Gasteiger partial charge in [0.25, 0.3) is 5.91 Å². The van der Waals surface area contributed by atoms with Crippen LogP contribution in [0, 0.1) is 13.8 Å². The third-order valence-corrected chi connectivity index (χ3v) is 3.15. The first kappa shape index (κ1) is 13.4. The van der Waals surface area contributed by atoms with Gasteiger partial charge >= 0.3 is 0 Å². The van der Waals surface area contributed by atoms with Crippen molar-refractivity contribution in [2.45, 2.75) is 13.8 Å². The zero-order valence-electron chi connectivity index (χ0n) is 10.7. The van der Waals surface area contributed by atoms with E-state index in [0.717, 1.165) is 16.8 Å². The van der Waals surface area contributed by atoms with Gasteiger partial charge in [-0.2, -0.15) is 0 Å². The quantitative estimate of drug-likeness (QED) is 0.873. The van der Waals surface area contributed by atoms with Crippen LogP contribution >= 0.6 is 11.6 Å². The average molecular weight is 276 g/mol. The summed E-state index contributed by atoms with van der Waals surface area (Å²) < 4.78 is 0. The van der Waals surface area contributed by atoms with Gasteiger partial charge < -0.3 is 10.4 Å². The minimum absolute atomic E-state index is 0.00942. The number of hydrogen-bond acceptors (Lipinski definition) is 2. The lowest BCUT2D eigenvalue weighted by Gasteiger charge is -2.10. The van der Waals surface area contributed by atoms with Gasteiger partial charge in [0.2, 0.25) is 0 Å². The van der Waals surface area contributed by atoms with Gasteiger partial charge in [-0.1, -0.05) is 29.3 Å². The molecule has 2 rings (SSSR count). The Morgan fingerprint density at radius 2 is 1.89 bits per heavy atom. The summed E-state index contributed by atoms with van der Waals surface area (Å²) in [4.78, 5) is 12.1. The SMILES string of the molecule is Cc1ccc(NC(=O)c2cc(O)ccc2Cl)c(C)c1. The number of phenols is 1. The van der Waals surface area contributed by atoms with E-state index >= 15 is 0 Å². The second kappa shape index (κ2) is 5.33. The summed E-state index contributed by atoms with van der Waals surface area (Å²) in [7, 11) is 0. The van der Waals surface area contributed by atoms with Crippen LogP contribution in [0.25, 0.3) is 0 Å². The lowest BCUT2D eigenvalue weighted by Crippen LogP contribution is -2.13. The molecule has 0 fully saturated rings. The zero-order valence-corrected chi connectivity index (χ0v) is 11.5. The number of carbonyl (C=O) groups is 1. The Labute approximate surface area is 116 Å². The molecule has 0 aliphatic carbocycles. The van der Waals surface area contributed by atoms with E-state index in [-0.39, 0.29) is 17.2 Å². The van der Waals surface area contributed by atoms with Gasteiger partial charge in [-0.15, -0.1) is 0 Å². The van der Waals surface area contributed by atoms with Crippen molar-refractivity contribution in [3.63, 3.8) is 0 Å². The Kier molecular flexibility index (Phi) is 3.76. The van der Waals surface area contributed by atoms with E-state index in [1.807, 2.05) is 32.0 Å². The van der Waals surface area contributed by atoms with Crippen molar-refractivity contribution in [1.82, 2.24) is 0 Å². The third-order valence-electron chi connectivity index (χ3n) is 2.82. The van der Waals surface area contributed by atoms with Crippen molar-refractivity contribution in [2.75, 3.05) is 5.32 Å². The van der Waals surface area contributed by atoms with E-state index in [0.29, 0.717) is 5.02 Å². The van der Waals surface area contributed by atoms with Gasteiger partial charge in [0.15, 0.2) is 0 Å². The van der Waals surface area contributed by atoms with E-state index in [2.05, 4.69) is 5.32 Å². The minimum Gasteiger partial charge on any atom is -0.508 e. The van der Waals surface area contributed by atoms with Crippen molar-refractivity contribution in [1.29, 1.82) is 0 Å². The number of hydrogen-bond donors (Lipinski definition) is 2. The normalized spacial score (nSPS) is 10.3. The maximum absolute atomic E-state index is 12.1. The molecular weight excluding hydrogens is 262 g/mol. The number of anilines is 1. The summed E-state index contributed by atoms with van der Waals surface area (Å²) in [6.45, 7) is 3.91. The maximum atomic E-state index is 12.1. The summed E-state index contributed by atoms with van der Waals surface area (Å²) in [5, 5.41) is 12.5. The number of aryl methyl sites for hydroxylation is 2. The molecule has 2 N–H and O–H groups in total. The lowest BCUT2D eigenvalue weighted by atomic mass is 10.1. The van der Waals surface area contributed by atoms with Crippen molar-refractivity contribution in [3.05, 3.63) is 58.1 Å². The van der Waals surface area contributed by atoms with Crippen LogP contribution in [0.3, 0.4) is 0 Å². The van der Waals surface area contributed by atoms with E-state index in [1.165, 1.54) is 18.2 Å². The molecule has 0 spiro atoms. The smallest absolute Gasteiger partial charge is 0.257 e. The highest BCUT2D eigenvalue weighted by molar-refractivity contribution is 6.34. The van der Waals surface area contributed by atoms with Gasteiger partial charge in [-0.3, -0.25) is 4.79 Å². The van der Waals surface area contributed by atoms with Gasteiger partial charge in [0.05, 0.1) is 10.6 Å². The standard InChI is InChI=1S/C15H14ClNO2/c1-9-3-6-14(10(2)7-9)17-15(19)12-8-11(18)4-5-13(12)16/h3-8,18H,1-2H3,(H,17,19). The molecule has 0 saturated heterocycles. The number of rotatable bonds is 2. The van der Waals surface area contributed by atoms with E-state index in [9.17, 15) is 9.90 Å². The van der Waals surface area contributed by atoms with Crippen molar-refractivity contribution < 1.29 is 9.90 Å². The zero-order chi connectivity index (χ0) is 14.0. The molecular formula is C15H14ClNO2. The number of benzene rings is 2. The highest BCUT2D eigenvalue weighted by atomic mass is 35.5. The first-order valence-electron chi connectivity index (χ1n) is 5.84. The van der Waals surface area contributed by atoms with Crippen LogP contribution in [-0.4, -0.2) is 11.0 Å². The number of nitrogens with one attached hydrogen (secondary N) is 1. The molecule has 0 unspecified atom stereocenters. The van der Waals surface area contributed by atoms with Crippen LogP contribution in [0.5, 0.6) is 5.75 Å². The molecule has 0 aliphatic heterocycles. The number of phenolic OH excluding ortho intramolecular Hbond substituents is 1.